The lowest BCUT2D eigenvalue weighted by molar-refractivity contribution is -0.134. The van der Waals surface area contributed by atoms with E-state index in [0.29, 0.717) is 43.4 Å². The molecule has 0 radical (unpaired) electrons. The fourth-order valence-electron chi connectivity index (χ4n) is 3.77. The summed E-state index contributed by atoms with van der Waals surface area (Å²) in [5.41, 5.74) is 3.01. The topological polar surface area (TPSA) is 55.9 Å². The number of fused-ring (bicyclic) bond motifs is 1. The maximum Gasteiger partial charge on any atom is 0.321 e. The summed E-state index contributed by atoms with van der Waals surface area (Å²) < 4.78 is 0. The monoisotopic (exact) mass is 432 g/mol. The molecule has 3 heterocycles. The molecule has 4 rings (SSSR count). The Hall–Kier alpha value is -2.09. The van der Waals surface area contributed by atoms with Gasteiger partial charge in [0.05, 0.1) is 6.54 Å². The zero-order valence-electron chi connectivity index (χ0n) is 16.5. The Morgan fingerprint density at radius 1 is 1.10 bits per heavy atom. The molecule has 1 saturated heterocycles. The minimum atomic E-state index is -0.155. The number of aryl methyl sites for hydroxylation is 1. The number of hydrogen-bond donors (Lipinski definition) is 1. The average Bonchev–Trinajstić information content (AvgIpc) is 3.18. The summed E-state index contributed by atoms with van der Waals surface area (Å²) in [5.74, 6) is 0.147. The third-order valence-corrected chi connectivity index (χ3v) is 7.02. The molecule has 1 N–H and O–H groups in total. The van der Waals surface area contributed by atoms with Gasteiger partial charge >= 0.3 is 6.03 Å². The number of hydrogen-bond acceptors (Lipinski definition) is 4. The lowest BCUT2D eigenvalue weighted by atomic mass is 10.1. The Bertz CT molecular complexity index is 908. The number of halogens is 1. The zero-order chi connectivity index (χ0) is 20.4. The molecule has 1 fully saturated rings. The molecular formula is C21H25ClN4O2S. The fourth-order valence-corrected chi connectivity index (χ4v) is 4.84. The molecule has 29 heavy (non-hydrogen) atoms. The minimum Gasteiger partial charge on any atom is -0.338 e. The van der Waals surface area contributed by atoms with E-state index >= 15 is 0 Å². The van der Waals surface area contributed by atoms with E-state index < -0.39 is 0 Å². The zero-order valence-corrected chi connectivity index (χ0v) is 18.1. The number of nitrogens with zero attached hydrogens (tertiary/aromatic N) is 3. The van der Waals surface area contributed by atoms with E-state index in [1.165, 1.54) is 10.4 Å². The van der Waals surface area contributed by atoms with Gasteiger partial charge in [-0.15, -0.1) is 11.3 Å². The van der Waals surface area contributed by atoms with E-state index in [2.05, 4.69) is 21.7 Å². The summed E-state index contributed by atoms with van der Waals surface area (Å²) in [5, 5.41) is 5.65. The van der Waals surface area contributed by atoms with Crippen molar-refractivity contribution in [3.63, 3.8) is 0 Å². The van der Waals surface area contributed by atoms with Crippen LogP contribution in [0.5, 0.6) is 0 Å². The highest BCUT2D eigenvalue weighted by atomic mass is 35.5. The SMILES string of the molecule is Cc1ccc(NC(=O)N2CCN(C(=O)CN3CCc4sccc4C3)CC2)cc1Cl. The number of thiophene rings is 1. The van der Waals surface area contributed by atoms with Gasteiger partial charge in [0.15, 0.2) is 0 Å². The summed E-state index contributed by atoms with van der Waals surface area (Å²) >= 11 is 7.93. The maximum absolute atomic E-state index is 12.7. The molecule has 2 aliphatic heterocycles. The van der Waals surface area contributed by atoms with Gasteiger partial charge in [0.25, 0.3) is 0 Å². The van der Waals surface area contributed by atoms with Gasteiger partial charge in [-0.3, -0.25) is 9.69 Å². The van der Waals surface area contributed by atoms with Gasteiger partial charge in [0.2, 0.25) is 5.91 Å². The lowest BCUT2D eigenvalue weighted by Gasteiger charge is -2.36. The van der Waals surface area contributed by atoms with Crippen LogP contribution in [0.2, 0.25) is 5.02 Å². The van der Waals surface area contributed by atoms with E-state index in [-0.39, 0.29) is 11.9 Å². The molecule has 0 aliphatic carbocycles. The molecule has 0 spiro atoms. The van der Waals surface area contributed by atoms with Crippen LogP contribution >= 0.6 is 22.9 Å². The van der Waals surface area contributed by atoms with Gasteiger partial charge in [0.1, 0.15) is 0 Å². The molecule has 0 bridgehead atoms. The van der Waals surface area contributed by atoms with Crippen molar-refractivity contribution < 1.29 is 9.59 Å². The predicted octanol–water partition coefficient (Wildman–Crippen LogP) is 3.44. The Balaban J connectivity index is 1.25. The number of amides is 3. The van der Waals surface area contributed by atoms with Crippen LogP contribution in [0.1, 0.15) is 16.0 Å². The highest BCUT2D eigenvalue weighted by Gasteiger charge is 2.26. The second kappa shape index (κ2) is 8.73. The van der Waals surface area contributed by atoms with E-state index in [4.69, 9.17) is 11.6 Å². The molecule has 0 unspecified atom stereocenters. The third-order valence-electron chi connectivity index (χ3n) is 5.59. The number of nitrogens with one attached hydrogen (secondary N) is 1. The highest BCUT2D eigenvalue weighted by Crippen LogP contribution is 2.24. The Labute approximate surface area is 180 Å². The molecule has 1 aromatic heterocycles. The van der Waals surface area contributed by atoms with Crippen molar-refractivity contribution in [1.29, 1.82) is 0 Å². The summed E-state index contributed by atoms with van der Waals surface area (Å²) in [6.45, 7) is 6.36. The smallest absolute Gasteiger partial charge is 0.321 e. The Kier molecular flexibility index (Phi) is 6.08. The van der Waals surface area contributed by atoms with Gasteiger partial charge in [-0.2, -0.15) is 0 Å². The molecule has 8 heteroatoms. The van der Waals surface area contributed by atoms with Crippen molar-refractivity contribution in [2.75, 3.05) is 44.6 Å². The molecule has 2 aliphatic rings. The van der Waals surface area contributed by atoms with Crippen molar-refractivity contribution >= 4 is 40.6 Å². The van der Waals surface area contributed by atoms with Crippen molar-refractivity contribution in [3.8, 4) is 0 Å². The largest absolute Gasteiger partial charge is 0.338 e. The molecule has 3 amide bonds. The summed E-state index contributed by atoms with van der Waals surface area (Å²) in [6.07, 6.45) is 1.03. The van der Waals surface area contributed by atoms with E-state index in [1.807, 2.05) is 24.0 Å². The summed E-state index contributed by atoms with van der Waals surface area (Å²) in [4.78, 5) is 32.5. The van der Waals surface area contributed by atoms with Crippen molar-refractivity contribution in [2.24, 2.45) is 0 Å². The summed E-state index contributed by atoms with van der Waals surface area (Å²) in [6, 6.07) is 7.49. The van der Waals surface area contributed by atoms with Gasteiger partial charge in [0, 0.05) is 54.9 Å². The first-order chi connectivity index (χ1) is 14.0. The minimum absolute atomic E-state index is 0.147. The van der Waals surface area contributed by atoms with Crippen molar-refractivity contribution in [3.05, 3.63) is 50.7 Å². The molecule has 2 aromatic rings. The van der Waals surface area contributed by atoms with E-state index in [0.717, 1.165) is 25.1 Å². The van der Waals surface area contributed by atoms with Gasteiger partial charge in [-0.1, -0.05) is 17.7 Å². The third kappa shape index (κ3) is 4.74. The number of anilines is 1. The second-order valence-corrected chi connectivity index (χ2v) is 9.00. The Morgan fingerprint density at radius 3 is 2.62 bits per heavy atom. The second-order valence-electron chi connectivity index (χ2n) is 7.59. The Morgan fingerprint density at radius 2 is 1.86 bits per heavy atom. The normalized spacial score (nSPS) is 17.2. The molecule has 1 aromatic carbocycles. The van der Waals surface area contributed by atoms with Gasteiger partial charge in [-0.05, 0) is 48.1 Å². The van der Waals surface area contributed by atoms with Crippen LogP contribution in [0.4, 0.5) is 10.5 Å². The maximum atomic E-state index is 12.7. The number of carbonyl (C=O) groups is 2. The molecule has 154 valence electrons. The van der Waals surface area contributed by atoms with Crippen LogP contribution in [0.3, 0.4) is 0 Å². The number of carbonyl (C=O) groups excluding carboxylic acids is 2. The molecule has 0 atom stereocenters. The van der Waals surface area contributed by atoms with Crippen LogP contribution in [0, 0.1) is 6.92 Å². The highest BCUT2D eigenvalue weighted by molar-refractivity contribution is 7.10. The van der Waals surface area contributed by atoms with Crippen molar-refractivity contribution in [2.45, 2.75) is 19.9 Å². The molecular weight excluding hydrogens is 408 g/mol. The first-order valence-electron chi connectivity index (χ1n) is 9.87. The average molecular weight is 433 g/mol. The van der Waals surface area contributed by atoms with Crippen LogP contribution in [0.15, 0.2) is 29.6 Å². The summed E-state index contributed by atoms with van der Waals surface area (Å²) in [7, 11) is 0. The first kappa shape index (κ1) is 20.2. The van der Waals surface area contributed by atoms with Gasteiger partial charge < -0.3 is 15.1 Å². The van der Waals surface area contributed by atoms with Crippen LogP contribution in [0.25, 0.3) is 0 Å². The van der Waals surface area contributed by atoms with E-state index in [9.17, 15) is 9.59 Å². The quantitative estimate of drug-likeness (QED) is 0.808. The van der Waals surface area contributed by atoms with Gasteiger partial charge in [-0.25, -0.2) is 4.79 Å². The van der Waals surface area contributed by atoms with Crippen LogP contribution in [-0.2, 0) is 17.8 Å². The number of rotatable bonds is 3. The fraction of sp³-hybridized carbons (Fsp3) is 0.429. The van der Waals surface area contributed by atoms with Crippen LogP contribution in [-0.4, -0.2) is 65.9 Å². The van der Waals surface area contributed by atoms with Crippen LogP contribution < -0.4 is 5.32 Å². The first-order valence-corrected chi connectivity index (χ1v) is 11.1. The van der Waals surface area contributed by atoms with Crippen molar-refractivity contribution in [1.82, 2.24) is 14.7 Å². The van der Waals surface area contributed by atoms with E-state index in [1.54, 1.807) is 22.3 Å². The number of piperazine rings is 1. The number of benzene rings is 1. The lowest BCUT2D eigenvalue weighted by Crippen LogP contribution is -2.53. The molecule has 0 saturated carbocycles. The molecule has 6 nitrogen and oxygen atoms in total. The standard InChI is InChI=1S/C21H25ClN4O2S/c1-15-2-3-17(12-18(15)22)23-21(28)26-9-7-25(8-10-26)20(27)14-24-6-4-19-16(13-24)5-11-29-19/h2-3,5,11-12H,4,6-10,13-14H2,1H3,(H,23,28). The number of urea groups is 1. The predicted molar refractivity (Wildman–Crippen MR) is 117 cm³/mol.